The summed E-state index contributed by atoms with van der Waals surface area (Å²) in [6.45, 7) is 0.468. The Hall–Kier alpha value is -1.36. The van der Waals surface area contributed by atoms with E-state index in [0.717, 1.165) is 19.3 Å². The number of hydrogen-bond donors (Lipinski definition) is 3. The number of amides is 1. The number of hydrogen-bond acceptors (Lipinski definition) is 3. The summed E-state index contributed by atoms with van der Waals surface area (Å²) in [5.41, 5.74) is 5.70. The van der Waals surface area contributed by atoms with Gasteiger partial charge in [0, 0.05) is 12.6 Å². The molecule has 1 amide bonds. The molecule has 5 heteroatoms. The summed E-state index contributed by atoms with van der Waals surface area (Å²) in [5, 5.41) is 11.9. The molecule has 0 spiro atoms. The molecule has 18 heavy (non-hydrogen) atoms. The molecular formula is C13H20N2O3. The third-order valence-electron chi connectivity index (χ3n) is 3.97. The number of carbonyl (C=O) groups excluding carboxylic acids is 1. The second-order valence-corrected chi connectivity index (χ2v) is 5.27. The van der Waals surface area contributed by atoms with Crippen molar-refractivity contribution in [1.82, 2.24) is 5.32 Å². The predicted molar refractivity (Wildman–Crippen MR) is 66.7 cm³/mol. The Kier molecular flexibility index (Phi) is 4.01. The Morgan fingerprint density at radius 3 is 2.72 bits per heavy atom. The molecule has 2 aliphatic carbocycles. The number of carbonyl (C=O) groups is 2. The van der Waals surface area contributed by atoms with Gasteiger partial charge in [0.05, 0.1) is 11.8 Å². The number of rotatable bonds is 4. The minimum Gasteiger partial charge on any atom is -0.481 e. The van der Waals surface area contributed by atoms with Crippen molar-refractivity contribution < 1.29 is 14.7 Å². The van der Waals surface area contributed by atoms with Gasteiger partial charge in [0.15, 0.2) is 0 Å². The molecule has 4 N–H and O–H groups in total. The van der Waals surface area contributed by atoms with Crippen LogP contribution in [0.25, 0.3) is 0 Å². The van der Waals surface area contributed by atoms with E-state index in [1.807, 2.05) is 12.2 Å². The quantitative estimate of drug-likeness (QED) is 0.635. The minimum absolute atomic E-state index is 0.0287. The lowest BCUT2D eigenvalue weighted by Crippen LogP contribution is -2.36. The van der Waals surface area contributed by atoms with Gasteiger partial charge in [-0.05, 0) is 25.2 Å². The highest BCUT2D eigenvalue weighted by Gasteiger charge is 2.33. The van der Waals surface area contributed by atoms with Gasteiger partial charge in [-0.3, -0.25) is 9.59 Å². The first-order valence-electron chi connectivity index (χ1n) is 6.52. The summed E-state index contributed by atoms with van der Waals surface area (Å²) < 4.78 is 0. The molecule has 0 aromatic carbocycles. The number of nitrogens with one attached hydrogen (secondary N) is 1. The molecule has 0 bridgehead atoms. The van der Waals surface area contributed by atoms with E-state index in [-0.39, 0.29) is 29.7 Å². The molecule has 0 heterocycles. The Bertz CT molecular complexity index is 367. The smallest absolute Gasteiger partial charge is 0.306 e. The third-order valence-corrected chi connectivity index (χ3v) is 3.97. The summed E-state index contributed by atoms with van der Waals surface area (Å²) in [4.78, 5) is 22.9. The molecule has 2 aliphatic rings. The molecule has 1 fully saturated rings. The Balaban J connectivity index is 1.79. The van der Waals surface area contributed by atoms with Gasteiger partial charge in [-0.2, -0.15) is 0 Å². The van der Waals surface area contributed by atoms with Crippen molar-refractivity contribution >= 4 is 11.9 Å². The molecule has 1 saturated carbocycles. The van der Waals surface area contributed by atoms with Gasteiger partial charge in [0.2, 0.25) is 5.91 Å². The maximum absolute atomic E-state index is 11.9. The zero-order chi connectivity index (χ0) is 13.1. The first kappa shape index (κ1) is 13.1. The molecule has 0 aromatic rings. The molecule has 0 radical (unpaired) electrons. The van der Waals surface area contributed by atoms with Crippen LogP contribution >= 0.6 is 0 Å². The molecule has 0 aliphatic heterocycles. The van der Waals surface area contributed by atoms with E-state index in [9.17, 15) is 9.59 Å². The van der Waals surface area contributed by atoms with E-state index >= 15 is 0 Å². The highest BCUT2D eigenvalue weighted by atomic mass is 16.4. The largest absolute Gasteiger partial charge is 0.481 e. The van der Waals surface area contributed by atoms with Gasteiger partial charge in [-0.1, -0.05) is 18.6 Å². The van der Waals surface area contributed by atoms with Crippen LogP contribution < -0.4 is 11.1 Å². The minimum atomic E-state index is -0.741. The molecule has 100 valence electrons. The number of carboxylic acid groups (broad SMARTS) is 1. The van der Waals surface area contributed by atoms with E-state index < -0.39 is 5.97 Å². The van der Waals surface area contributed by atoms with Crippen LogP contribution in [0.1, 0.15) is 25.7 Å². The molecule has 0 saturated heterocycles. The second kappa shape index (κ2) is 5.52. The molecule has 4 unspecified atom stereocenters. The highest BCUT2D eigenvalue weighted by molar-refractivity contribution is 5.81. The van der Waals surface area contributed by atoms with Crippen LogP contribution in [0, 0.1) is 17.8 Å². The first-order valence-corrected chi connectivity index (χ1v) is 6.52. The second-order valence-electron chi connectivity index (χ2n) is 5.27. The molecule has 5 nitrogen and oxygen atoms in total. The monoisotopic (exact) mass is 252 g/mol. The average molecular weight is 252 g/mol. The maximum Gasteiger partial charge on any atom is 0.306 e. The standard InChI is InChI=1S/C13H20N2O3/c14-10-5-4-8(6-10)12(16)15-7-9-2-1-3-11(9)13(17)18/h4-5,8-11H,1-3,6-7,14H2,(H,15,16)(H,17,18). The topological polar surface area (TPSA) is 92.4 Å². The maximum atomic E-state index is 11.9. The van der Waals surface area contributed by atoms with E-state index in [1.54, 1.807) is 0 Å². The van der Waals surface area contributed by atoms with Crippen LogP contribution in [0.4, 0.5) is 0 Å². The van der Waals surface area contributed by atoms with Gasteiger partial charge in [0.1, 0.15) is 0 Å². The normalized spacial score (nSPS) is 34.7. The lowest BCUT2D eigenvalue weighted by atomic mass is 9.96. The van der Waals surface area contributed by atoms with E-state index in [2.05, 4.69) is 5.32 Å². The molecule has 0 aromatic heterocycles. The Morgan fingerprint density at radius 1 is 1.33 bits per heavy atom. The van der Waals surface area contributed by atoms with E-state index in [1.165, 1.54) is 0 Å². The number of nitrogens with two attached hydrogens (primary N) is 1. The van der Waals surface area contributed by atoms with Gasteiger partial charge < -0.3 is 16.2 Å². The van der Waals surface area contributed by atoms with Crippen molar-refractivity contribution in [3.8, 4) is 0 Å². The fourth-order valence-corrected chi connectivity index (χ4v) is 2.89. The summed E-state index contributed by atoms with van der Waals surface area (Å²) in [7, 11) is 0. The van der Waals surface area contributed by atoms with Crippen LogP contribution in [-0.2, 0) is 9.59 Å². The van der Waals surface area contributed by atoms with Crippen LogP contribution in [0.5, 0.6) is 0 Å². The van der Waals surface area contributed by atoms with Crippen LogP contribution in [-0.4, -0.2) is 29.6 Å². The van der Waals surface area contributed by atoms with E-state index in [4.69, 9.17) is 10.8 Å². The van der Waals surface area contributed by atoms with Crippen molar-refractivity contribution in [2.45, 2.75) is 31.7 Å². The van der Waals surface area contributed by atoms with Crippen LogP contribution in [0.2, 0.25) is 0 Å². The SMILES string of the molecule is NC1C=CC(C(=O)NCC2CCCC2C(=O)O)C1. The van der Waals surface area contributed by atoms with Gasteiger partial charge in [-0.25, -0.2) is 0 Å². The summed E-state index contributed by atoms with van der Waals surface area (Å²) in [6, 6.07) is -0.0287. The van der Waals surface area contributed by atoms with Gasteiger partial charge in [-0.15, -0.1) is 0 Å². The number of aliphatic carboxylic acids is 1. The fourth-order valence-electron chi connectivity index (χ4n) is 2.89. The van der Waals surface area contributed by atoms with Crippen molar-refractivity contribution in [3.63, 3.8) is 0 Å². The summed E-state index contributed by atoms with van der Waals surface area (Å²) >= 11 is 0. The summed E-state index contributed by atoms with van der Waals surface area (Å²) in [5.74, 6) is -1.15. The average Bonchev–Trinajstić information content (AvgIpc) is 2.94. The third kappa shape index (κ3) is 2.90. The zero-order valence-electron chi connectivity index (χ0n) is 10.3. The molecular weight excluding hydrogens is 232 g/mol. The zero-order valence-corrected chi connectivity index (χ0v) is 10.3. The lowest BCUT2D eigenvalue weighted by Gasteiger charge is -2.17. The van der Waals surface area contributed by atoms with Crippen LogP contribution in [0.15, 0.2) is 12.2 Å². The van der Waals surface area contributed by atoms with E-state index in [0.29, 0.717) is 13.0 Å². The molecule has 4 atom stereocenters. The van der Waals surface area contributed by atoms with Crippen molar-refractivity contribution in [1.29, 1.82) is 0 Å². The molecule has 2 rings (SSSR count). The number of carboxylic acids is 1. The van der Waals surface area contributed by atoms with Crippen LogP contribution in [0.3, 0.4) is 0 Å². The van der Waals surface area contributed by atoms with Crippen molar-refractivity contribution in [2.75, 3.05) is 6.54 Å². The van der Waals surface area contributed by atoms with Gasteiger partial charge >= 0.3 is 5.97 Å². The van der Waals surface area contributed by atoms with Crippen molar-refractivity contribution in [2.24, 2.45) is 23.5 Å². The lowest BCUT2D eigenvalue weighted by molar-refractivity contribution is -0.143. The Labute approximate surface area is 106 Å². The van der Waals surface area contributed by atoms with Gasteiger partial charge in [0.25, 0.3) is 0 Å². The predicted octanol–water partition coefficient (Wildman–Crippen LogP) is 0.507. The fraction of sp³-hybridized carbons (Fsp3) is 0.692. The first-order chi connectivity index (χ1) is 8.58. The van der Waals surface area contributed by atoms with Crippen molar-refractivity contribution in [3.05, 3.63) is 12.2 Å². The summed E-state index contributed by atoms with van der Waals surface area (Å²) in [6.07, 6.45) is 6.88. The Morgan fingerprint density at radius 2 is 2.11 bits per heavy atom. The highest BCUT2D eigenvalue weighted by Crippen LogP contribution is 2.31.